The van der Waals surface area contributed by atoms with Crippen molar-refractivity contribution in [3.63, 3.8) is 0 Å². The summed E-state index contributed by atoms with van der Waals surface area (Å²) in [6, 6.07) is 8.14. The van der Waals surface area contributed by atoms with Gasteiger partial charge in [0.05, 0.1) is 7.11 Å². The molecule has 0 aliphatic rings. The van der Waals surface area contributed by atoms with Crippen LogP contribution in [0.1, 0.15) is 25.8 Å². The zero-order chi connectivity index (χ0) is 14.1. The molecule has 0 aliphatic carbocycles. The lowest BCUT2D eigenvalue weighted by atomic mass is 10.1. The Morgan fingerprint density at radius 2 is 2.21 bits per heavy atom. The van der Waals surface area contributed by atoms with Crippen molar-refractivity contribution in [2.24, 2.45) is 0 Å². The molecule has 4 heteroatoms. The van der Waals surface area contributed by atoms with E-state index in [1.807, 2.05) is 24.3 Å². The molecule has 1 aromatic rings. The van der Waals surface area contributed by atoms with Gasteiger partial charge in [-0.3, -0.25) is 4.79 Å². The third-order valence-corrected chi connectivity index (χ3v) is 2.93. The van der Waals surface area contributed by atoms with E-state index in [0.717, 1.165) is 24.3 Å². The minimum atomic E-state index is 0.0903. The van der Waals surface area contributed by atoms with E-state index in [1.165, 1.54) is 0 Å². The summed E-state index contributed by atoms with van der Waals surface area (Å²) in [6.07, 6.45) is 1.24. The van der Waals surface area contributed by atoms with E-state index in [9.17, 15) is 4.79 Å². The van der Waals surface area contributed by atoms with Crippen molar-refractivity contribution in [1.82, 2.24) is 10.6 Å². The Balaban J connectivity index is 2.29. The zero-order valence-corrected chi connectivity index (χ0v) is 12.0. The monoisotopic (exact) mass is 264 g/mol. The van der Waals surface area contributed by atoms with E-state index >= 15 is 0 Å². The molecule has 0 fully saturated rings. The number of hydrogen-bond donors (Lipinski definition) is 2. The number of ether oxygens (including phenoxy) is 1. The standard InChI is InChI=1S/C15H24N2O2/c1-4-16-12(2)11-17-15(18)9-8-13-6-5-7-14(10-13)19-3/h5-7,10,12,16H,4,8-9,11H2,1-3H3,(H,17,18)/t12-/m1/s1. The smallest absolute Gasteiger partial charge is 0.220 e. The lowest BCUT2D eigenvalue weighted by molar-refractivity contribution is -0.121. The molecular weight excluding hydrogens is 240 g/mol. The molecule has 0 aliphatic heterocycles. The number of likely N-dealkylation sites (N-methyl/N-ethyl adjacent to an activating group) is 1. The molecule has 106 valence electrons. The predicted octanol–water partition coefficient (Wildman–Crippen LogP) is 1.74. The molecule has 0 saturated heterocycles. The van der Waals surface area contributed by atoms with Gasteiger partial charge < -0.3 is 15.4 Å². The minimum absolute atomic E-state index is 0.0903. The third kappa shape index (κ3) is 6.25. The highest BCUT2D eigenvalue weighted by Crippen LogP contribution is 2.13. The summed E-state index contributed by atoms with van der Waals surface area (Å²) in [6.45, 7) is 5.71. The fourth-order valence-corrected chi connectivity index (χ4v) is 1.86. The second-order valence-electron chi connectivity index (χ2n) is 4.61. The van der Waals surface area contributed by atoms with Crippen molar-refractivity contribution >= 4 is 5.91 Å². The highest BCUT2D eigenvalue weighted by molar-refractivity contribution is 5.76. The maximum atomic E-state index is 11.7. The first-order valence-corrected chi connectivity index (χ1v) is 6.78. The van der Waals surface area contributed by atoms with E-state index in [-0.39, 0.29) is 5.91 Å². The number of benzene rings is 1. The lowest BCUT2D eigenvalue weighted by Crippen LogP contribution is -2.38. The van der Waals surface area contributed by atoms with Crippen LogP contribution in [-0.2, 0) is 11.2 Å². The van der Waals surface area contributed by atoms with Crippen LogP contribution in [0.25, 0.3) is 0 Å². The van der Waals surface area contributed by atoms with Gasteiger partial charge in [0.1, 0.15) is 5.75 Å². The van der Waals surface area contributed by atoms with Gasteiger partial charge in [0.25, 0.3) is 0 Å². The Morgan fingerprint density at radius 1 is 1.42 bits per heavy atom. The summed E-state index contributed by atoms with van der Waals surface area (Å²) >= 11 is 0. The van der Waals surface area contributed by atoms with Crippen LogP contribution in [0.4, 0.5) is 0 Å². The Labute approximate surface area is 115 Å². The van der Waals surface area contributed by atoms with Gasteiger partial charge in [0, 0.05) is 19.0 Å². The van der Waals surface area contributed by atoms with Crippen molar-refractivity contribution in [2.45, 2.75) is 32.7 Å². The molecule has 0 heterocycles. The molecule has 1 atom stereocenters. The largest absolute Gasteiger partial charge is 0.497 e. The van der Waals surface area contributed by atoms with Gasteiger partial charge in [-0.25, -0.2) is 0 Å². The Bertz CT molecular complexity index is 393. The average molecular weight is 264 g/mol. The second-order valence-corrected chi connectivity index (χ2v) is 4.61. The molecule has 2 N–H and O–H groups in total. The number of amides is 1. The molecule has 0 saturated carbocycles. The minimum Gasteiger partial charge on any atom is -0.497 e. The molecule has 0 radical (unpaired) electrons. The van der Waals surface area contributed by atoms with Gasteiger partial charge in [0.2, 0.25) is 5.91 Å². The Hall–Kier alpha value is -1.55. The van der Waals surface area contributed by atoms with Gasteiger partial charge in [0.15, 0.2) is 0 Å². The van der Waals surface area contributed by atoms with Crippen molar-refractivity contribution in [2.75, 3.05) is 20.2 Å². The summed E-state index contributed by atoms with van der Waals surface area (Å²) in [5, 5.41) is 6.19. The first-order valence-electron chi connectivity index (χ1n) is 6.78. The summed E-state index contributed by atoms with van der Waals surface area (Å²) < 4.78 is 5.16. The topological polar surface area (TPSA) is 50.4 Å². The first-order chi connectivity index (χ1) is 9.15. The van der Waals surface area contributed by atoms with Crippen LogP contribution in [0.15, 0.2) is 24.3 Å². The van der Waals surface area contributed by atoms with Crippen LogP contribution in [0, 0.1) is 0 Å². The maximum Gasteiger partial charge on any atom is 0.220 e. The van der Waals surface area contributed by atoms with E-state index in [0.29, 0.717) is 19.0 Å². The van der Waals surface area contributed by atoms with Gasteiger partial charge >= 0.3 is 0 Å². The second kappa shape index (κ2) is 8.53. The Morgan fingerprint density at radius 3 is 2.89 bits per heavy atom. The normalized spacial score (nSPS) is 11.9. The summed E-state index contributed by atoms with van der Waals surface area (Å²) in [5.41, 5.74) is 1.12. The van der Waals surface area contributed by atoms with E-state index in [2.05, 4.69) is 24.5 Å². The Kier molecular flexibility index (Phi) is 6.97. The number of methoxy groups -OCH3 is 1. The molecule has 1 amide bonds. The molecule has 4 nitrogen and oxygen atoms in total. The average Bonchev–Trinajstić information content (AvgIpc) is 2.43. The van der Waals surface area contributed by atoms with E-state index in [1.54, 1.807) is 7.11 Å². The summed E-state index contributed by atoms with van der Waals surface area (Å²) in [5.74, 6) is 0.922. The fraction of sp³-hybridized carbons (Fsp3) is 0.533. The van der Waals surface area contributed by atoms with Gasteiger partial charge in [-0.2, -0.15) is 0 Å². The molecule has 0 unspecified atom stereocenters. The molecule has 0 spiro atoms. The van der Waals surface area contributed by atoms with E-state index in [4.69, 9.17) is 4.74 Å². The van der Waals surface area contributed by atoms with Crippen LogP contribution in [0.5, 0.6) is 5.75 Å². The fourth-order valence-electron chi connectivity index (χ4n) is 1.86. The van der Waals surface area contributed by atoms with E-state index < -0.39 is 0 Å². The highest BCUT2D eigenvalue weighted by atomic mass is 16.5. The van der Waals surface area contributed by atoms with Crippen LogP contribution < -0.4 is 15.4 Å². The van der Waals surface area contributed by atoms with Crippen molar-refractivity contribution in [3.8, 4) is 5.75 Å². The van der Waals surface area contributed by atoms with Crippen molar-refractivity contribution in [3.05, 3.63) is 29.8 Å². The highest BCUT2D eigenvalue weighted by Gasteiger charge is 2.05. The van der Waals surface area contributed by atoms with Gasteiger partial charge in [-0.15, -0.1) is 0 Å². The molecule has 1 rings (SSSR count). The SMILES string of the molecule is CCN[C@H](C)CNC(=O)CCc1cccc(OC)c1. The number of carbonyl (C=O) groups is 1. The van der Waals surface area contributed by atoms with Crippen LogP contribution >= 0.6 is 0 Å². The third-order valence-electron chi connectivity index (χ3n) is 2.93. The van der Waals surface area contributed by atoms with Crippen molar-refractivity contribution < 1.29 is 9.53 Å². The molecule has 0 bridgehead atoms. The molecule has 0 aromatic heterocycles. The van der Waals surface area contributed by atoms with Gasteiger partial charge in [-0.05, 0) is 37.6 Å². The van der Waals surface area contributed by atoms with Gasteiger partial charge in [-0.1, -0.05) is 19.1 Å². The van der Waals surface area contributed by atoms with Crippen molar-refractivity contribution in [1.29, 1.82) is 0 Å². The summed E-state index contributed by atoms with van der Waals surface area (Å²) in [4.78, 5) is 11.7. The van der Waals surface area contributed by atoms with Crippen LogP contribution in [-0.4, -0.2) is 32.1 Å². The number of nitrogens with one attached hydrogen (secondary N) is 2. The predicted molar refractivity (Wildman–Crippen MR) is 77.5 cm³/mol. The molecule has 19 heavy (non-hydrogen) atoms. The van der Waals surface area contributed by atoms with Crippen LogP contribution in [0.3, 0.4) is 0 Å². The molecule has 1 aromatic carbocycles. The molecular formula is C15H24N2O2. The number of aryl methyl sites for hydroxylation is 1. The zero-order valence-electron chi connectivity index (χ0n) is 12.0. The first kappa shape index (κ1) is 15.5. The van der Waals surface area contributed by atoms with Crippen LogP contribution in [0.2, 0.25) is 0 Å². The maximum absolute atomic E-state index is 11.7. The lowest BCUT2D eigenvalue weighted by Gasteiger charge is -2.13. The summed E-state index contributed by atoms with van der Waals surface area (Å²) in [7, 11) is 1.65. The number of rotatable bonds is 8. The number of carbonyl (C=O) groups excluding carboxylic acids is 1. The quantitative estimate of drug-likeness (QED) is 0.752. The number of hydrogen-bond acceptors (Lipinski definition) is 3.